The molecular weight excluding hydrogens is 214 g/mol. The summed E-state index contributed by atoms with van der Waals surface area (Å²) in [6, 6.07) is 5.94. The van der Waals surface area contributed by atoms with Crippen LogP contribution in [0.15, 0.2) is 43.0 Å². The minimum Gasteiger partial charge on any atom is -0.494 e. The lowest BCUT2D eigenvalue weighted by atomic mass is 10.0. The summed E-state index contributed by atoms with van der Waals surface area (Å²) in [7, 11) is 1.65. The average molecular weight is 225 g/mol. The number of pyridine rings is 2. The molecule has 3 heterocycles. The Kier molecular flexibility index (Phi) is 2.26. The van der Waals surface area contributed by atoms with E-state index in [-0.39, 0.29) is 0 Å². The van der Waals surface area contributed by atoms with Crippen molar-refractivity contribution in [2.24, 2.45) is 0 Å². The van der Waals surface area contributed by atoms with E-state index in [0.717, 1.165) is 27.9 Å². The number of aromatic amines is 1. The Bertz CT molecular complexity index is 660. The van der Waals surface area contributed by atoms with Gasteiger partial charge in [0.25, 0.3) is 0 Å². The number of rotatable bonds is 2. The molecule has 17 heavy (non-hydrogen) atoms. The monoisotopic (exact) mass is 225 g/mol. The normalized spacial score (nSPS) is 10.6. The molecule has 4 nitrogen and oxygen atoms in total. The van der Waals surface area contributed by atoms with Gasteiger partial charge >= 0.3 is 0 Å². The number of nitrogens with one attached hydrogen (secondary N) is 1. The van der Waals surface area contributed by atoms with E-state index in [9.17, 15) is 0 Å². The van der Waals surface area contributed by atoms with Crippen molar-refractivity contribution in [3.8, 4) is 16.9 Å². The summed E-state index contributed by atoms with van der Waals surface area (Å²) in [5.41, 5.74) is 2.99. The first-order valence-electron chi connectivity index (χ1n) is 5.30. The van der Waals surface area contributed by atoms with Crippen LogP contribution >= 0.6 is 0 Å². The zero-order chi connectivity index (χ0) is 11.7. The lowest BCUT2D eigenvalue weighted by Crippen LogP contribution is -1.89. The average Bonchev–Trinajstić information content (AvgIpc) is 2.86. The van der Waals surface area contributed by atoms with Gasteiger partial charge in [-0.05, 0) is 23.8 Å². The molecule has 0 aliphatic rings. The number of nitrogens with zero attached hydrogens (tertiary/aromatic N) is 2. The van der Waals surface area contributed by atoms with Crippen LogP contribution in [0.4, 0.5) is 0 Å². The van der Waals surface area contributed by atoms with Crippen molar-refractivity contribution < 1.29 is 4.74 Å². The predicted molar refractivity (Wildman–Crippen MR) is 65.9 cm³/mol. The first-order valence-corrected chi connectivity index (χ1v) is 5.30. The molecule has 0 radical (unpaired) electrons. The van der Waals surface area contributed by atoms with Crippen LogP contribution in [0.5, 0.6) is 5.75 Å². The minimum absolute atomic E-state index is 0.765. The largest absolute Gasteiger partial charge is 0.494 e. The van der Waals surface area contributed by atoms with Crippen LogP contribution in [-0.2, 0) is 0 Å². The fraction of sp³-hybridized carbons (Fsp3) is 0.0769. The molecule has 3 rings (SSSR count). The standard InChI is InChI=1S/C13H11N3O/c1-17-12-8-14-5-2-10(12)9-3-6-15-13-11(9)4-7-16-13/h2-8H,1H3,(H,15,16). The van der Waals surface area contributed by atoms with Gasteiger partial charge in [-0.2, -0.15) is 0 Å². The highest BCUT2D eigenvalue weighted by Gasteiger charge is 2.09. The summed E-state index contributed by atoms with van der Waals surface area (Å²) in [5, 5.41) is 1.08. The highest BCUT2D eigenvalue weighted by atomic mass is 16.5. The Morgan fingerprint density at radius 2 is 2.00 bits per heavy atom. The zero-order valence-corrected chi connectivity index (χ0v) is 9.34. The van der Waals surface area contributed by atoms with E-state index in [0.29, 0.717) is 0 Å². The number of aromatic nitrogens is 3. The number of hydrogen-bond acceptors (Lipinski definition) is 3. The summed E-state index contributed by atoms with van der Waals surface area (Å²) in [5.74, 6) is 0.765. The van der Waals surface area contributed by atoms with Crippen LogP contribution in [-0.4, -0.2) is 22.1 Å². The lowest BCUT2D eigenvalue weighted by molar-refractivity contribution is 0.414. The van der Waals surface area contributed by atoms with E-state index in [1.807, 2.05) is 24.4 Å². The van der Waals surface area contributed by atoms with Gasteiger partial charge in [0, 0.05) is 29.5 Å². The Hall–Kier alpha value is -2.36. The maximum Gasteiger partial charge on any atom is 0.144 e. The van der Waals surface area contributed by atoms with Crippen LogP contribution in [0, 0.1) is 0 Å². The van der Waals surface area contributed by atoms with Crippen molar-refractivity contribution in [2.45, 2.75) is 0 Å². The maximum absolute atomic E-state index is 5.33. The molecule has 0 aliphatic heterocycles. The van der Waals surface area contributed by atoms with Crippen LogP contribution in [0.3, 0.4) is 0 Å². The van der Waals surface area contributed by atoms with Gasteiger partial charge in [0.05, 0.1) is 13.3 Å². The summed E-state index contributed by atoms with van der Waals surface area (Å²) < 4.78 is 5.33. The van der Waals surface area contributed by atoms with Crippen molar-refractivity contribution in [2.75, 3.05) is 7.11 Å². The van der Waals surface area contributed by atoms with E-state index >= 15 is 0 Å². The molecule has 0 aromatic carbocycles. The third-order valence-corrected chi connectivity index (χ3v) is 2.75. The first-order chi connectivity index (χ1) is 8.40. The maximum atomic E-state index is 5.33. The molecule has 0 saturated heterocycles. The second kappa shape index (κ2) is 3.90. The summed E-state index contributed by atoms with van der Waals surface area (Å²) in [4.78, 5) is 11.4. The molecule has 0 fully saturated rings. The van der Waals surface area contributed by atoms with Gasteiger partial charge in [-0.3, -0.25) is 4.98 Å². The predicted octanol–water partition coefficient (Wildman–Crippen LogP) is 2.63. The summed E-state index contributed by atoms with van der Waals surface area (Å²) >= 11 is 0. The van der Waals surface area contributed by atoms with E-state index in [1.54, 1.807) is 25.7 Å². The van der Waals surface area contributed by atoms with Crippen molar-refractivity contribution >= 4 is 11.0 Å². The van der Waals surface area contributed by atoms with Crippen LogP contribution in [0.1, 0.15) is 0 Å². The third-order valence-electron chi connectivity index (χ3n) is 2.75. The number of H-pyrrole nitrogens is 1. The molecule has 3 aromatic rings. The Morgan fingerprint density at radius 3 is 2.88 bits per heavy atom. The van der Waals surface area contributed by atoms with Crippen molar-refractivity contribution in [3.05, 3.63) is 43.0 Å². The number of methoxy groups -OCH3 is 1. The van der Waals surface area contributed by atoms with E-state index in [4.69, 9.17) is 4.74 Å². The zero-order valence-electron chi connectivity index (χ0n) is 9.34. The highest BCUT2D eigenvalue weighted by Crippen LogP contribution is 2.32. The molecule has 0 atom stereocenters. The number of ether oxygens (including phenoxy) is 1. The second-order valence-corrected chi connectivity index (χ2v) is 3.67. The summed E-state index contributed by atoms with van der Waals surface area (Å²) in [6.45, 7) is 0. The highest BCUT2D eigenvalue weighted by molar-refractivity contribution is 5.94. The molecule has 0 unspecified atom stereocenters. The quantitative estimate of drug-likeness (QED) is 0.729. The lowest BCUT2D eigenvalue weighted by Gasteiger charge is -2.08. The van der Waals surface area contributed by atoms with Crippen molar-refractivity contribution in [1.29, 1.82) is 0 Å². The molecule has 4 heteroatoms. The molecule has 0 saturated carbocycles. The minimum atomic E-state index is 0.765. The molecule has 0 amide bonds. The van der Waals surface area contributed by atoms with Gasteiger partial charge in [0.15, 0.2) is 0 Å². The van der Waals surface area contributed by atoms with E-state index in [1.165, 1.54) is 0 Å². The van der Waals surface area contributed by atoms with Crippen LogP contribution in [0.2, 0.25) is 0 Å². The fourth-order valence-corrected chi connectivity index (χ4v) is 1.96. The van der Waals surface area contributed by atoms with Crippen LogP contribution < -0.4 is 4.74 Å². The SMILES string of the molecule is COc1cnccc1-c1ccnc2[nH]ccc12. The van der Waals surface area contributed by atoms with Gasteiger partial charge in [-0.15, -0.1) is 0 Å². The molecule has 0 aliphatic carbocycles. The molecule has 0 spiro atoms. The Morgan fingerprint density at radius 1 is 1.12 bits per heavy atom. The van der Waals surface area contributed by atoms with Gasteiger partial charge < -0.3 is 9.72 Å². The second-order valence-electron chi connectivity index (χ2n) is 3.67. The topological polar surface area (TPSA) is 50.8 Å². The van der Waals surface area contributed by atoms with Gasteiger partial charge in [0.1, 0.15) is 11.4 Å². The molecule has 1 N–H and O–H groups in total. The number of hydrogen-bond donors (Lipinski definition) is 1. The van der Waals surface area contributed by atoms with Gasteiger partial charge in [-0.25, -0.2) is 4.98 Å². The van der Waals surface area contributed by atoms with E-state index < -0.39 is 0 Å². The summed E-state index contributed by atoms with van der Waals surface area (Å²) in [6.07, 6.45) is 7.15. The van der Waals surface area contributed by atoms with Crippen molar-refractivity contribution in [1.82, 2.24) is 15.0 Å². The Labute approximate surface area is 98.3 Å². The first kappa shape index (κ1) is 9.84. The molecular formula is C13H11N3O. The smallest absolute Gasteiger partial charge is 0.144 e. The fourth-order valence-electron chi connectivity index (χ4n) is 1.96. The molecule has 3 aromatic heterocycles. The molecule has 84 valence electrons. The van der Waals surface area contributed by atoms with Crippen LogP contribution in [0.25, 0.3) is 22.2 Å². The van der Waals surface area contributed by atoms with Gasteiger partial charge in [-0.1, -0.05) is 0 Å². The third kappa shape index (κ3) is 1.54. The Balaban J connectivity index is 2.30. The van der Waals surface area contributed by atoms with Crippen molar-refractivity contribution in [3.63, 3.8) is 0 Å². The van der Waals surface area contributed by atoms with E-state index in [2.05, 4.69) is 15.0 Å². The molecule has 0 bridgehead atoms. The number of fused-ring (bicyclic) bond motifs is 1. The van der Waals surface area contributed by atoms with Gasteiger partial charge in [0.2, 0.25) is 0 Å².